The number of aromatic nitrogens is 2. The zero-order valence-electron chi connectivity index (χ0n) is 18.0. The fourth-order valence-corrected chi connectivity index (χ4v) is 4.41. The Morgan fingerprint density at radius 1 is 1.03 bits per heavy atom. The smallest absolute Gasteiger partial charge is 0.162 e. The average Bonchev–Trinajstić information content (AvgIpc) is 3.27. The van der Waals surface area contributed by atoms with Gasteiger partial charge in [0.05, 0.1) is 26.3 Å². The van der Waals surface area contributed by atoms with Gasteiger partial charge in [-0.05, 0) is 49.2 Å². The molecule has 160 valence electrons. The van der Waals surface area contributed by atoms with E-state index in [2.05, 4.69) is 46.5 Å². The van der Waals surface area contributed by atoms with E-state index in [1.165, 1.54) is 0 Å². The van der Waals surface area contributed by atoms with Crippen molar-refractivity contribution in [3.05, 3.63) is 64.8 Å². The second-order valence-corrected chi connectivity index (χ2v) is 8.43. The summed E-state index contributed by atoms with van der Waals surface area (Å²) in [5.41, 5.74) is 3.07. The highest BCUT2D eigenvalue weighted by Gasteiger charge is 2.15. The number of fused-ring (bicyclic) bond motifs is 1. The van der Waals surface area contributed by atoms with Gasteiger partial charge in [-0.3, -0.25) is 0 Å². The van der Waals surface area contributed by atoms with Crippen molar-refractivity contribution < 1.29 is 14.6 Å². The fraction of sp³-hybridized carbons (Fsp3) is 0.250. The molecular formula is C24H25N3O3S. The van der Waals surface area contributed by atoms with Gasteiger partial charge >= 0.3 is 0 Å². The molecule has 0 unspecified atom stereocenters. The Bertz CT molecular complexity index is 1220. The molecule has 0 aliphatic rings. The van der Waals surface area contributed by atoms with E-state index in [4.69, 9.17) is 9.47 Å². The second-order valence-electron chi connectivity index (χ2n) is 7.26. The normalized spacial score (nSPS) is 12.0. The molecule has 4 rings (SSSR count). The Hall–Kier alpha value is -3.16. The van der Waals surface area contributed by atoms with Crippen LogP contribution in [0.5, 0.6) is 11.5 Å². The minimum absolute atomic E-state index is 0.0165. The van der Waals surface area contributed by atoms with E-state index in [1.54, 1.807) is 25.6 Å². The van der Waals surface area contributed by atoms with Crippen LogP contribution in [0.1, 0.15) is 29.2 Å². The average molecular weight is 436 g/mol. The number of ether oxygens (including phenoxy) is 2. The number of aliphatic hydroxyl groups is 1. The molecule has 0 spiro atoms. The Labute approximate surface area is 185 Å². The van der Waals surface area contributed by atoms with Crippen molar-refractivity contribution in [1.82, 2.24) is 9.97 Å². The number of aliphatic hydroxyl groups excluding tert-OH is 1. The van der Waals surface area contributed by atoms with Gasteiger partial charge in [-0.2, -0.15) is 0 Å². The van der Waals surface area contributed by atoms with Gasteiger partial charge in [-0.1, -0.05) is 18.2 Å². The lowest BCUT2D eigenvalue weighted by Crippen LogP contribution is -2.10. The van der Waals surface area contributed by atoms with Gasteiger partial charge < -0.3 is 19.9 Å². The van der Waals surface area contributed by atoms with Gasteiger partial charge in [0.25, 0.3) is 0 Å². The van der Waals surface area contributed by atoms with Gasteiger partial charge in [-0.25, -0.2) is 9.97 Å². The molecular weight excluding hydrogens is 410 g/mol. The molecule has 2 aromatic heterocycles. The van der Waals surface area contributed by atoms with Crippen molar-refractivity contribution in [2.45, 2.75) is 26.5 Å². The number of methoxy groups -OCH3 is 2. The van der Waals surface area contributed by atoms with E-state index in [0.29, 0.717) is 17.3 Å². The molecule has 2 N–H and O–H groups in total. The minimum Gasteiger partial charge on any atom is -0.493 e. The third kappa shape index (κ3) is 4.33. The number of hydrogen-bond acceptors (Lipinski definition) is 7. The summed E-state index contributed by atoms with van der Waals surface area (Å²) in [6, 6.07) is 16.2. The molecule has 0 saturated heterocycles. The highest BCUT2D eigenvalue weighted by atomic mass is 32.1. The fourth-order valence-electron chi connectivity index (χ4n) is 3.55. The van der Waals surface area contributed by atoms with Gasteiger partial charge in [0.2, 0.25) is 0 Å². The quantitative estimate of drug-likeness (QED) is 0.408. The number of aryl methyl sites for hydroxylation is 1. The molecule has 7 heteroatoms. The van der Waals surface area contributed by atoms with Crippen molar-refractivity contribution in [1.29, 1.82) is 0 Å². The molecule has 0 radical (unpaired) electrons. The van der Waals surface area contributed by atoms with Crippen molar-refractivity contribution in [3.8, 4) is 21.9 Å². The Balaban J connectivity index is 1.68. The number of thiophene rings is 1. The number of nitrogens with one attached hydrogen (secondary N) is 1. The maximum atomic E-state index is 9.36. The largest absolute Gasteiger partial charge is 0.493 e. The summed E-state index contributed by atoms with van der Waals surface area (Å²) < 4.78 is 10.9. The van der Waals surface area contributed by atoms with E-state index < -0.39 is 0 Å². The first-order valence-electron chi connectivity index (χ1n) is 9.99. The molecule has 0 aliphatic carbocycles. The molecule has 6 nitrogen and oxygen atoms in total. The van der Waals surface area contributed by atoms with Gasteiger partial charge in [0, 0.05) is 27.2 Å². The summed E-state index contributed by atoms with van der Waals surface area (Å²) in [5.74, 6) is 2.70. The van der Waals surface area contributed by atoms with Gasteiger partial charge in [0.1, 0.15) is 11.6 Å². The third-order valence-corrected chi connectivity index (χ3v) is 6.27. The molecule has 0 saturated carbocycles. The minimum atomic E-state index is 0.0165. The lowest BCUT2D eigenvalue weighted by molar-refractivity contribution is 0.285. The standard InChI is InChI=1S/C24H25N3O3S/c1-14(16-6-5-7-17(10-16)23-9-8-18(13-28)31-23)25-24-19-11-21(29-3)22(30-4)12-20(19)26-15(2)27-24/h5-12,14,28H,13H2,1-4H3,(H,25,26,27)/t14-/m1/s1. The SMILES string of the molecule is COc1cc2nc(C)nc(N[C@H](C)c3cccc(-c4ccc(CO)s4)c3)c2cc1OC. The number of rotatable bonds is 7. The van der Waals surface area contributed by atoms with Crippen LogP contribution < -0.4 is 14.8 Å². The van der Waals surface area contributed by atoms with Gasteiger partial charge in [-0.15, -0.1) is 11.3 Å². The van der Waals surface area contributed by atoms with Crippen molar-refractivity contribution in [2.24, 2.45) is 0 Å². The Kier molecular flexibility index (Phi) is 6.06. The van der Waals surface area contributed by atoms with Crippen LogP contribution in [-0.2, 0) is 6.61 Å². The predicted octanol–water partition coefficient (Wildman–Crippen LogP) is 5.35. The first kappa shape index (κ1) is 21.1. The number of hydrogen-bond donors (Lipinski definition) is 2. The topological polar surface area (TPSA) is 76.5 Å². The van der Waals surface area contributed by atoms with Crippen molar-refractivity contribution in [2.75, 3.05) is 19.5 Å². The van der Waals surface area contributed by atoms with Crippen LogP contribution in [0.3, 0.4) is 0 Å². The lowest BCUT2D eigenvalue weighted by atomic mass is 10.0. The summed E-state index contributed by atoms with van der Waals surface area (Å²) in [6.07, 6.45) is 0. The summed E-state index contributed by atoms with van der Waals surface area (Å²) in [7, 11) is 3.23. The van der Waals surface area contributed by atoms with Crippen molar-refractivity contribution in [3.63, 3.8) is 0 Å². The second kappa shape index (κ2) is 8.91. The zero-order chi connectivity index (χ0) is 22.0. The summed E-state index contributed by atoms with van der Waals surface area (Å²) >= 11 is 1.60. The van der Waals surface area contributed by atoms with Crippen molar-refractivity contribution >= 4 is 28.1 Å². The summed E-state index contributed by atoms with van der Waals surface area (Å²) in [4.78, 5) is 11.3. The molecule has 4 aromatic rings. The van der Waals surface area contributed by atoms with E-state index in [9.17, 15) is 5.11 Å². The van der Waals surface area contributed by atoms with Crippen LogP contribution in [0.2, 0.25) is 0 Å². The molecule has 1 atom stereocenters. The highest BCUT2D eigenvalue weighted by molar-refractivity contribution is 7.15. The van der Waals surface area contributed by atoms with Crippen LogP contribution in [0.15, 0.2) is 48.5 Å². The zero-order valence-corrected chi connectivity index (χ0v) is 18.8. The highest BCUT2D eigenvalue weighted by Crippen LogP contribution is 2.35. The molecule has 0 amide bonds. The Morgan fingerprint density at radius 3 is 2.52 bits per heavy atom. The first-order chi connectivity index (χ1) is 15.0. The molecule has 31 heavy (non-hydrogen) atoms. The van der Waals surface area contributed by atoms with Crippen LogP contribution in [0.4, 0.5) is 5.82 Å². The lowest BCUT2D eigenvalue weighted by Gasteiger charge is -2.18. The first-order valence-corrected chi connectivity index (χ1v) is 10.8. The summed E-state index contributed by atoms with van der Waals surface area (Å²) in [6.45, 7) is 4.05. The van der Waals surface area contributed by atoms with Crippen LogP contribution in [0.25, 0.3) is 21.3 Å². The number of anilines is 1. The van der Waals surface area contributed by atoms with Crippen LogP contribution >= 0.6 is 11.3 Å². The maximum Gasteiger partial charge on any atom is 0.162 e. The molecule has 2 heterocycles. The molecule has 0 fully saturated rings. The third-order valence-electron chi connectivity index (χ3n) is 5.15. The van der Waals surface area contributed by atoms with E-state index in [0.717, 1.165) is 37.6 Å². The van der Waals surface area contributed by atoms with Gasteiger partial charge in [0.15, 0.2) is 11.5 Å². The van der Waals surface area contributed by atoms with Crippen LogP contribution in [0, 0.1) is 6.92 Å². The molecule has 2 aromatic carbocycles. The maximum absolute atomic E-state index is 9.36. The molecule has 0 bridgehead atoms. The Morgan fingerprint density at radius 2 is 1.81 bits per heavy atom. The molecule has 0 aliphatic heterocycles. The van der Waals surface area contributed by atoms with E-state index in [1.807, 2.05) is 31.2 Å². The van der Waals surface area contributed by atoms with Crippen LogP contribution in [-0.4, -0.2) is 29.3 Å². The number of benzene rings is 2. The monoisotopic (exact) mass is 435 g/mol. The van der Waals surface area contributed by atoms with E-state index in [-0.39, 0.29) is 12.6 Å². The predicted molar refractivity (Wildman–Crippen MR) is 125 cm³/mol. The number of nitrogens with zero attached hydrogens (tertiary/aromatic N) is 2. The van der Waals surface area contributed by atoms with E-state index >= 15 is 0 Å². The summed E-state index contributed by atoms with van der Waals surface area (Å²) in [5, 5.41) is 13.8.